The predicted molar refractivity (Wildman–Crippen MR) is 70.3 cm³/mol. The van der Waals surface area contributed by atoms with Crippen molar-refractivity contribution >= 4 is 0 Å². The van der Waals surface area contributed by atoms with Crippen LogP contribution in [0.1, 0.15) is 32.1 Å². The zero-order valence-corrected chi connectivity index (χ0v) is 11.0. The molecular formula is C13H28N2O2. The van der Waals surface area contributed by atoms with Gasteiger partial charge in [-0.3, -0.25) is 4.90 Å². The van der Waals surface area contributed by atoms with Crippen LogP contribution in [0.3, 0.4) is 0 Å². The molecule has 0 atom stereocenters. The third-order valence-corrected chi connectivity index (χ3v) is 3.19. The van der Waals surface area contributed by atoms with Gasteiger partial charge in [0.15, 0.2) is 0 Å². The van der Waals surface area contributed by atoms with E-state index in [9.17, 15) is 0 Å². The van der Waals surface area contributed by atoms with Crippen LogP contribution in [0.4, 0.5) is 0 Å². The van der Waals surface area contributed by atoms with Crippen molar-refractivity contribution in [2.24, 2.45) is 0 Å². The van der Waals surface area contributed by atoms with Crippen molar-refractivity contribution in [3.63, 3.8) is 0 Å². The summed E-state index contributed by atoms with van der Waals surface area (Å²) in [5.74, 6) is 0. The molecule has 1 saturated heterocycles. The van der Waals surface area contributed by atoms with E-state index in [4.69, 9.17) is 9.84 Å². The predicted octanol–water partition coefficient (Wildman–Crippen LogP) is 0.851. The molecule has 1 aliphatic heterocycles. The number of aliphatic hydroxyl groups is 1. The molecule has 0 bridgehead atoms. The standard InChI is InChI=1S/C13H28N2O2/c16-11-4-2-1-3-6-14-7-5-8-15-9-12-17-13-10-15/h14,16H,1-13H2. The minimum absolute atomic E-state index is 0.340. The van der Waals surface area contributed by atoms with Crippen LogP contribution < -0.4 is 5.32 Å². The summed E-state index contributed by atoms with van der Waals surface area (Å²) in [5.41, 5.74) is 0. The molecule has 0 radical (unpaired) electrons. The van der Waals surface area contributed by atoms with Gasteiger partial charge in [-0.15, -0.1) is 0 Å². The summed E-state index contributed by atoms with van der Waals surface area (Å²) < 4.78 is 5.32. The number of hydrogen-bond acceptors (Lipinski definition) is 4. The molecule has 0 amide bonds. The molecule has 0 spiro atoms. The van der Waals surface area contributed by atoms with Crippen molar-refractivity contribution in [2.75, 3.05) is 52.5 Å². The second kappa shape index (κ2) is 11.0. The molecule has 0 aromatic carbocycles. The van der Waals surface area contributed by atoms with Gasteiger partial charge in [-0.25, -0.2) is 0 Å². The van der Waals surface area contributed by atoms with Crippen molar-refractivity contribution in [1.82, 2.24) is 10.2 Å². The number of aliphatic hydroxyl groups excluding tert-OH is 1. The van der Waals surface area contributed by atoms with E-state index in [-0.39, 0.29) is 0 Å². The van der Waals surface area contributed by atoms with Gasteiger partial charge in [0.2, 0.25) is 0 Å². The fourth-order valence-corrected chi connectivity index (χ4v) is 2.09. The van der Waals surface area contributed by atoms with Gasteiger partial charge in [0, 0.05) is 19.7 Å². The van der Waals surface area contributed by atoms with Crippen LogP contribution in [0.25, 0.3) is 0 Å². The molecule has 1 heterocycles. The maximum Gasteiger partial charge on any atom is 0.0594 e. The summed E-state index contributed by atoms with van der Waals surface area (Å²) in [5, 5.41) is 12.1. The maximum atomic E-state index is 8.63. The molecule has 4 heteroatoms. The average Bonchev–Trinajstić information content (AvgIpc) is 2.38. The average molecular weight is 244 g/mol. The van der Waals surface area contributed by atoms with Crippen molar-refractivity contribution in [3.05, 3.63) is 0 Å². The van der Waals surface area contributed by atoms with E-state index in [1.165, 1.54) is 25.8 Å². The third-order valence-electron chi connectivity index (χ3n) is 3.19. The Morgan fingerprint density at radius 2 is 1.65 bits per heavy atom. The summed E-state index contributed by atoms with van der Waals surface area (Å²) in [6.07, 6.45) is 5.81. The third kappa shape index (κ3) is 8.55. The van der Waals surface area contributed by atoms with Gasteiger partial charge in [-0.05, 0) is 38.9 Å². The Morgan fingerprint density at radius 1 is 0.941 bits per heavy atom. The number of ether oxygens (including phenoxy) is 1. The molecule has 102 valence electrons. The van der Waals surface area contributed by atoms with Gasteiger partial charge in [0.1, 0.15) is 0 Å². The molecule has 1 fully saturated rings. The monoisotopic (exact) mass is 244 g/mol. The number of unbranched alkanes of at least 4 members (excludes halogenated alkanes) is 3. The highest BCUT2D eigenvalue weighted by molar-refractivity contribution is 4.62. The summed E-state index contributed by atoms with van der Waals surface area (Å²) >= 11 is 0. The van der Waals surface area contributed by atoms with Crippen LogP contribution in [-0.2, 0) is 4.74 Å². The van der Waals surface area contributed by atoms with Crippen LogP contribution in [0.5, 0.6) is 0 Å². The van der Waals surface area contributed by atoms with Gasteiger partial charge >= 0.3 is 0 Å². The van der Waals surface area contributed by atoms with E-state index >= 15 is 0 Å². The lowest BCUT2D eigenvalue weighted by atomic mass is 10.2. The molecule has 2 N–H and O–H groups in total. The van der Waals surface area contributed by atoms with Gasteiger partial charge in [0.05, 0.1) is 13.2 Å². The van der Waals surface area contributed by atoms with E-state index in [0.29, 0.717) is 6.61 Å². The fraction of sp³-hybridized carbons (Fsp3) is 1.00. The van der Waals surface area contributed by atoms with Gasteiger partial charge in [-0.2, -0.15) is 0 Å². The Labute approximate surface area is 105 Å². The molecule has 17 heavy (non-hydrogen) atoms. The molecule has 0 aliphatic carbocycles. The first-order chi connectivity index (χ1) is 8.43. The first kappa shape index (κ1) is 14.9. The Kier molecular flexibility index (Phi) is 9.61. The van der Waals surface area contributed by atoms with Crippen molar-refractivity contribution in [1.29, 1.82) is 0 Å². The fourth-order valence-electron chi connectivity index (χ4n) is 2.09. The Bertz CT molecular complexity index is 161. The van der Waals surface area contributed by atoms with Crippen LogP contribution >= 0.6 is 0 Å². The lowest BCUT2D eigenvalue weighted by Crippen LogP contribution is -2.37. The van der Waals surface area contributed by atoms with Gasteiger partial charge in [-0.1, -0.05) is 12.8 Å². The second-order valence-corrected chi connectivity index (χ2v) is 4.70. The Hall–Kier alpha value is -0.160. The zero-order valence-electron chi connectivity index (χ0n) is 11.0. The van der Waals surface area contributed by atoms with Crippen molar-refractivity contribution in [3.8, 4) is 0 Å². The van der Waals surface area contributed by atoms with Crippen molar-refractivity contribution < 1.29 is 9.84 Å². The zero-order chi connectivity index (χ0) is 12.2. The molecule has 0 aromatic rings. The molecule has 4 nitrogen and oxygen atoms in total. The smallest absolute Gasteiger partial charge is 0.0594 e. The van der Waals surface area contributed by atoms with Gasteiger partial charge < -0.3 is 15.2 Å². The van der Waals surface area contributed by atoms with E-state index in [1.807, 2.05) is 0 Å². The minimum atomic E-state index is 0.340. The number of nitrogens with one attached hydrogen (secondary N) is 1. The molecule has 0 unspecified atom stereocenters. The van der Waals surface area contributed by atoms with E-state index in [2.05, 4.69) is 10.2 Å². The second-order valence-electron chi connectivity index (χ2n) is 4.70. The highest BCUT2D eigenvalue weighted by Gasteiger charge is 2.08. The molecule has 0 saturated carbocycles. The highest BCUT2D eigenvalue weighted by atomic mass is 16.5. The molecule has 0 aromatic heterocycles. The number of morpholine rings is 1. The topological polar surface area (TPSA) is 44.7 Å². The van der Waals surface area contributed by atoms with Crippen molar-refractivity contribution in [2.45, 2.75) is 32.1 Å². The SMILES string of the molecule is OCCCCCCNCCCN1CCOCC1. The lowest BCUT2D eigenvalue weighted by molar-refractivity contribution is 0.0374. The number of nitrogens with zero attached hydrogens (tertiary/aromatic N) is 1. The number of rotatable bonds is 10. The summed E-state index contributed by atoms with van der Waals surface area (Å²) in [7, 11) is 0. The summed E-state index contributed by atoms with van der Waals surface area (Å²) in [4.78, 5) is 2.48. The van der Waals surface area contributed by atoms with Crippen LogP contribution in [0.2, 0.25) is 0 Å². The first-order valence-corrected chi connectivity index (χ1v) is 7.05. The maximum absolute atomic E-state index is 8.63. The summed E-state index contributed by atoms with van der Waals surface area (Å²) in [6.45, 7) is 7.78. The van der Waals surface area contributed by atoms with Gasteiger partial charge in [0.25, 0.3) is 0 Å². The quantitative estimate of drug-likeness (QED) is 0.559. The first-order valence-electron chi connectivity index (χ1n) is 7.05. The molecule has 1 aliphatic rings. The van der Waals surface area contributed by atoms with E-state index < -0.39 is 0 Å². The van der Waals surface area contributed by atoms with Crippen LogP contribution in [0.15, 0.2) is 0 Å². The Morgan fingerprint density at radius 3 is 2.41 bits per heavy atom. The molecular weight excluding hydrogens is 216 g/mol. The van der Waals surface area contributed by atoms with Crippen LogP contribution in [0, 0.1) is 0 Å². The lowest BCUT2D eigenvalue weighted by Gasteiger charge is -2.26. The largest absolute Gasteiger partial charge is 0.396 e. The summed E-state index contributed by atoms with van der Waals surface area (Å²) in [6, 6.07) is 0. The normalized spacial score (nSPS) is 17.5. The Balaban J connectivity index is 1.75. The van der Waals surface area contributed by atoms with E-state index in [0.717, 1.165) is 52.2 Å². The highest BCUT2D eigenvalue weighted by Crippen LogP contribution is 1.99. The van der Waals surface area contributed by atoms with E-state index in [1.54, 1.807) is 0 Å². The minimum Gasteiger partial charge on any atom is -0.396 e. The molecule has 1 rings (SSSR count). The van der Waals surface area contributed by atoms with Crippen LogP contribution in [-0.4, -0.2) is 62.6 Å². The number of hydrogen-bond donors (Lipinski definition) is 2.